The molecule has 10 nitrogen and oxygen atoms in total. The van der Waals surface area contributed by atoms with Gasteiger partial charge in [-0.25, -0.2) is 0 Å². The lowest BCUT2D eigenvalue weighted by atomic mass is 10.1. The molecule has 2 N–H and O–H groups in total. The highest BCUT2D eigenvalue weighted by Crippen LogP contribution is 2.22. The highest BCUT2D eigenvalue weighted by atomic mass is 19.1. The van der Waals surface area contributed by atoms with E-state index >= 15 is 0 Å². The standard InChI is InChI=1S/C20H19FN4O6/c21-15-7-6-14(10-16(15)25(29)30)23-20(28)19(27)22-11-18(26)24-8-9-31-17(12-24)13-4-2-1-3-5-13/h1-7,10,17H,8-9,11-12H2,(H,22,27)(H,23,28). The second-order valence-electron chi connectivity index (χ2n) is 6.67. The quantitative estimate of drug-likeness (QED) is 0.419. The molecule has 3 rings (SSSR count). The predicted molar refractivity (Wildman–Crippen MR) is 106 cm³/mol. The number of anilines is 1. The van der Waals surface area contributed by atoms with Gasteiger partial charge in [-0.2, -0.15) is 4.39 Å². The molecule has 2 aromatic carbocycles. The Labute approximate surface area is 176 Å². The lowest BCUT2D eigenvalue weighted by molar-refractivity contribution is -0.387. The second-order valence-corrected chi connectivity index (χ2v) is 6.67. The third-order valence-electron chi connectivity index (χ3n) is 4.60. The first-order valence-electron chi connectivity index (χ1n) is 9.32. The fourth-order valence-corrected chi connectivity index (χ4v) is 3.01. The van der Waals surface area contributed by atoms with Crippen molar-refractivity contribution in [2.45, 2.75) is 6.10 Å². The predicted octanol–water partition coefficient (Wildman–Crippen LogP) is 1.39. The van der Waals surface area contributed by atoms with Crippen molar-refractivity contribution in [3.63, 3.8) is 0 Å². The number of rotatable bonds is 5. The number of ether oxygens (including phenoxy) is 1. The van der Waals surface area contributed by atoms with Gasteiger partial charge in [0.2, 0.25) is 11.7 Å². The minimum atomic E-state index is -1.14. The Morgan fingerprint density at radius 2 is 1.90 bits per heavy atom. The lowest BCUT2D eigenvalue weighted by Gasteiger charge is -2.33. The van der Waals surface area contributed by atoms with Crippen LogP contribution in [-0.2, 0) is 19.1 Å². The van der Waals surface area contributed by atoms with E-state index in [9.17, 15) is 28.9 Å². The fourth-order valence-electron chi connectivity index (χ4n) is 3.01. The molecule has 0 aliphatic carbocycles. The first-order chi connectivity index (χ1) is 14.8. The van der Waals surface area contributed by atoms with Crippen LogP contribution in [0.3, 0.4) is 0 Å². The van der Waals surface area contributed by atoms with Crippen LogP contribution in [-0.4, -0.2) is 53.8 Å². The third kappa shape index (κ3) is 5.60. The Hall–Kier alpha value is -3.86. The molecule has 0 aromatic heterocycles. The molecule has 1 saturated heterocycles. The van der Waals surface area contributed by atoms with Gasteiger partial charge >= 0.3 is 17.5 Å². The van der Waals surface area contributed by atoms with Crippen molar-refractivity contribution >= 4 is 29.1 Å². The molecule has 0 saturated carbocycles. The van der Waals surface area contributed by atoms with Gasteiger partial charge in [0, 0.05) is 18.3 Å². The van der Waals surface area contributed by atoms with E-state index < -0.39 is 34.8 Å². The second kappa shape index (κ2) is 9.76. The van der Waals surface area contributed by atoms with Crippen LogP contribution in [0.4, 0.5) is 15.8 Å². The zero-order chi connectivity index (χ0) is 22.4. The molecule has 1 unspecified atom stereocenters. The number of nitro groups is 1. The first-order valence-corrected chi connectivity index (χ1v) is 9.32. The summed E-state index contributed by atoms with van der Waals surface area (Å²) < 4.78 is 19.0. The number of hydrogen-bond acceptors (Lipinski definition) is 6. The lowest BCUT2D eigenvalue weighted by Crippen LogP contribution is -2.48. The van der Waals surface area contributed by atoms with Gasteiger partial charge in [0.1, 0.15) is 6.10 Å². The number of benzene rings is 2. The number of hydrogen-bond donors (Lipinski definition) is 2. The fraction of sp³-hybridized carbons (Fsp3) is 0.250. The van der Waals surface area contributed by atoms with E-state index in [0.29, 0.717) is 19.7 Å². The molecule has 1 fully saturated rings. The highest BCUT2D eigenvalue weighted by Gasteiger charge is 2.26. The van der Waals surface area contributed by atoms with E-state index in [1.54, 1.807) is 0 Å². The van der Waals surface area contributed by atoms with Gasteiger partial charge in [-0.05, 0) is 17.7 Å². The molecule has 11 heteroatoms. The Balaban J connectivity index is 1.51. The van der Waals surface area contributed by atoms with E-state index in [-0.39, 0.29) is 17.7 Å². The van der Waals surface area contributed by atoms with Crippen LogP contribution in [0, 0.1) is 15.9 Å². The minimum absolute atomic E-state index is 0.126. The average molecular weight is 430 g/mol. The average Bonchev–Trinajstić information content (AvgIpc) is 2.78. The van der Waals surface area contributed by atoms with Crippen LogP contribution in [0.2, 0.25) is 0 Å². The molecule has 3 amide bonds. The van der Waals surface area contributed by atoms with Crippen molar-refractivity contribution in [1.29, 1.82) is 0 Å². The maximum atomic E-state index is 13.4. The molecular formula is C20H19FN4O6. The number of nitrogens with one attached hydrogen (secondary N) is 2. The molecule has 0 radical (unpaired) electrons. The summed E-state index contributed by atoms with van der Waals surface area (Å²) in [7, 11) is 0. The summed E-state index contributed by atoms with van der Waals surface area (Å²) >= 11 is 0. The summed E-state index contributed by atoms with van der Waals surface area (Å²) in [6, 6.07) is 12.1. The summed E-state index contributed by atoms with van der Waals surface area (Å²) in [4.78, 5) is 47.7. The van der Waals surface area contributed by atoms with Crippen LogP contribution in [0.15, 0.2) is 48.5 Å². The zero-order valence-electron chi connectivity index (χ0n) is 16.2. The van der Waals surface area contributed by atoms with Gasteiger partial charge in [0.15, 0.2) is 0 Å². The van der Waals surface area contributed by atoms with Gasteiger partial charge in [-0.15, -0.1) is 0 Å². The summed E-state index contributed by atoms with van der Waals surface area (Å²) in [5.41, 5.74) is -0.0380. The Morgan fingerprint density at radius 3 is 2.61 bits per heavy atom. The van der Waals surface area contributed by atoms with Gasteiger partial charge in [-0.1, -0.05) is 30.3 Å². The molecular weight excluding hydrogens is 411 g/mol. The van der Waals surface area contributed by atoms with E-state index in [1.807, 2.05) is 30.3 Å². The maximum absolute atomic E-state index is 13.4. The molecule has 1 atom stereocenters. The van der Waals surface area contributed by atoms with E-state index in [0.717, 1.165) is 23.8 Å². The summed E-state index contributed by atoms with van der Waals surface area (Å²) in [5.74, 6) is -3.70. The van der Waals surface area contributed by atoms with Crippen LogP contribution < -0.4 is 10.6 Å². The first kappa shape index (κ1) is 21.8. The Bertz CT molecular complexity index is 1000. The minimum Gasteiger partial charge on any atom is -0.370 e. The highest BCUT2D eigenvalue weighted by molar-refractivity contribution is 6.39. The van der Waals surface area contributed by atoms with Crippen LogP contribution in [0.5, 0.6) is 0 Å². The molecule has 162 valence electrons. The number of halogens is 1. The summed E-state index contributed by atoms with van der Waals surface area (Å²) in [6.45, 7) is 0.591. The zero-order valence-corrected chi connectivity index (χ0v) is 16.2. The SMILES string of the molecule is O=C(NCC(=O)N1CCOC(c2ccccc2)C1)C(=O)Nc1ccc(F)c([N+](=O)[O-])c1. The third-order valence-corrected chi connectivity index (χ3v) is 4.60. The van der Waals surface area contributed by atoms with E-state index in [1.165, 1.54) is 4.90 Å². The number of nitrogens with zero attached hydrogens (tertiary/aromatic N) is 2. The van der Waals surface area contributed by atoms with Crippen molar-refractivity contribution in [3.8, 4) is 0 Å². The van der Waals surface area contributed by atoms with Crippen LogP contribution in [0.1, 0.15) is 11.7 Å². The molecule has 1 heterocycles. The normalized spacial score (nSPS) is 15.8. The van der Waals surface area contributed by atoms with Crippen molar-refractivity contribution in [2.24, 2.45) is 0 Å². The summed E-state index contributed by atoms with van der Waals surface area (Å²) in [6.07, 6.45) is -0.285. The van der Waals surface area contributed by atoms with Gasteiger partial charge < -0.3 is 20.3 Å². The van der Waals surface area contributed by atoms with Crippen molar-refractivity contribution in [2.75, 3.05) is 31.6 Å². The number of carbonyl (C=O) groups is 3. The molecule has 2 aromatic rings. The van der Waals surface area contributed by atoms with Gasteiger partial charge in [0.25, 0.3) is 0 Å². The Morgan fingerprint density at radius 1 is 1.16 bits per heavy atom. The van der Waals surface area contributed by atoms with Gasteiger partial charge in [-0.3, -0.25) is 24.5 Å². The van der Waals surface area contributed by atoms with E-state index in [4.69, 9.17) is 4.74 Å². The van der Waals surface area contributed by atoms with Crippen LogP contribution in [0.25, 0.3) is 0 Å². The number of carbonyl (C=O) groups excluding carboxylic acids is 3. The van der Waals surface area contributed by atoms with Crippen molar-refractivity contribution in [3.05, 3.63) is 70.0 Å². The molecule has 1 aliphatic heterocycles. The number of amides is 3. The van der Waals surface area contributed by atoms with Crippen LogP contribution >= 0.6 is 0 Å². The van der Waals surface area contributed by atoms with Crippen molar-refractivity contribution < 1.29 is 28.4 Å². The molecule has 31 heavy (non-hydrogen) atoms. The summed E-state index contributed by atoms with van der Waals surface area (Å²) in [5, 5.41) is 15.1. The molecule has 0 spiro atoms. The van der Waals surface area contributed by atoms with E-state index in [2.05, 4.69) is 10.6 Å². The van der Waals surface area contributed by atoms with Gasteiger partial charge in [0.05, 0.1) is 24.6 Å². The smallest absolute Gasteiger partial charge is 0.313 e. The van der Waals surface area contributed by atoms with Crippen molar-refractivity contribution in [1.82, 2.24) is 10.2 Å². The molecule has 0 bridgehead atoms. The number of nitro benzene ring substituents is 1. The molecule has 1 aliphatic rings. The monoisotopic (exact) mass is 430 g/mol. The Kier molecular flexibility index (Phi) is 6.88. The number of morpholine rings is 1. The largest absolute Gasteiger partial charge is 0.370 e. The topological polar surface area (TPSA) is 131 Å². The maximum Gasteiger partial charge on any atom is 0.313 e.